The van der Waals surface area contributed by atoms with Crippen molar-refractivity contribution in [2.75, 3.05) is 11.9 Å². The first-order chi connectivity index (χ1) is 8.24. The van der Waals surface area contributed by atoms with Gasteiger partial charge in [0, 0.05) is 18.3 Å². The van der Waals surface area contributed by atoms with Crippen molar-refractivity contribution in [2.45, 2.75) is 52.2 Å². The third-order valence-electron chi connectivity index (χ3n) is 3.59. The Labute approximate surface area is 104 Å². The molecule has 0 aliphatic heterocycles. The highest BCUT2D eigenvalue weighted by Gasteiger charge is 2.29. The van der Waals surface area contributed by atoms with Crippen molar-refractivity contribution in [2.24, 2.45) is 0 Å². The largest absolute Gasteiger partial charge is 0.382 e. The van der Waals surface area contributed by atoms with E-state index in [0.29, 0.717) is 12.1 Å². The Kier molecular flexibility index (Phi) is 4.06. The maximum Gasteiger partial charge on any atom is 0.0614 e. The molecule has 0 spiro atoms. The molecule has 0 radical (unpaired) electrons. The van der Waals surface area contributed by atoms with Crippen LogP contribution in [0.2, 0.25) is 0 Å². The van der Waals surface area contributed by atoms with Crippen LogP contribution >= 0.6 is 0 Å². The third-order valence-corrected chi connectivity index (χ3v) is 3.59. The van der Waals surface area contributed by atoms with Crippen molar-refractivity contribution in [3.05, 3.63) is 29.3 Å². The first-order valence-electron chi connectivity index (χ1n) is 6.71. The van der Waals surface area contributed by atoms with Crippen LogP contribution in [0.15, 0.2) is 18.2 Å². The molecule has 2 heteroatoms. The average Bonchev–Trinajstić information content (AvgIpc) is 2.28. The van der Waals surface area contributed by atoms with Gasteiger partial charge in [0.25, 0.3) is 0 Å². The molecule has 1 N–H and O–H groups in total. The highest BCUT2D eigenvalue weighted by molar-refractivity contribution is 5.58. The number of anilines is 1. The summed E-state index contributed by atoms with van der Waals surface area (Å²) >= 11 is 0. The van der Waals surface area contributed by atoms with Gasteiger partial charge in [-0.2, -0.15) is 0 Å². The van der Waals surface area contributed by atoms with Crippen molar-refractivity contribution >= 4 is 5.69 Å². The molecular weight excluding hydrogens is 210 g/mol. The van der Waals surface area contributed by atoms with Crippen molar-refractivity contribution < 1.29 is 4.74 Å². The molecule has 0 atom stereocenters. The van der Waals surface area contributed by atoms with E-state index in [1.54, 1.807) is 0 Å². The molecule has 94 valence electrons. The Morgan fingerprint density at radius 2 is 2.06 bits per heavy atom. The first-order valence-corrected chi connectivity index (χ1v) is 6.71. The van der Waals surface area contributed by atoms with Crippen LogP contribution in [0.4, 0.5) is 5.69 Å². The van der Waals surface area contributed by atoms with Gasteiger partial charge < -0.3 is 10.1 Å². The lowest BCUT2D eigenvalue weighted by atomic mass is 9.88. The lowest BCUT2D eigenvalue weighted by molar-refractivity contribution is 0.00297. The topological polar surface area (TPSA) is 21.3 Å². The zero-order valence-electron chi connectivity index (χ0n) is 11.1. The van der Waals surface area contributed by atoms with Crippen molar-refractivity contribution in [1.82, 2.24) is 0 Å². The maximum absolute atomic E-state index is 5.59. The van der Waals surface area contributed by atoms with E-state index in [2.05, 4.69) is 44.3 Å². The summed E-state index contributed by atoms with van der Waals surface area (Å²) in [6.07, 6.45) is 3.86. The highest BCUT2D eigenvalue weighted by Crippen LogP contribution is 2.30. The Morgan fingerprint density at radius 1 is 1.29 bits per heavy atom. The molecule has 1 saturated carbocycles. The van der Waals surface area contributed by atoms with E-state index in [9.17, 15) is 0 Å². The number of para-hydroxylation sites is 1. The van der Waals surface area contributed by atoms with E-state index >= 15 is 0 Å². The van der Waals surface area contributed by atoms with E-state index < -0.39 is 0 Å². The van der Waals surface area contributed by atoms with Crippen LogP contribution in [0.25, 0.3) is 0 Å². The van der Waals surface area contributed by atoms with Crippen LogP contribution in [0.3, 0.4) is 0 Å². The van der Waals surface area contributed by atoms with Gasteiger partial charge in [0.15, 0.2) is 0 Å². The standard InChI is InChI=1S/C15H23NO/c1-4-12-8-6-7-11(3)15(12)16-13-9-14(10-13)17-5-2/h6-8,13-14,16H,4-5,9-10H2,1-3H3. The number of hydrogen-bond donors (Lipinski definition) is 1. The Hall–Kier alpha value is -1.02. The Balaban J connectivity index is 1.96. The van der Waals surface area contributed by atoms with Gasteiger partial charge in [0.05, 0.1) is 6.10 Å². The van der Waals surface area contributed by atoms with E-state index in [1.807, 2.05) is 0 Å². The molecule has 2 nitrogen and oxygen atoms in total. The number of ether oxygens (including phenoxy) is 1. The van der Waals surface area contributed by atoms with Gasteiger partial charge >= 0.3 is 0 Å². The van der Waals surface area contributed by atoms with Crippen molar-refractivity contribution in [3.8, 4) is 0 Å². The van der Waals surface area contributed by atoms with E-state index in [4.69, 9.17) is 4.74 Å². The van der Waals surface area contributed by atoms with E-state index in [0.717, 1.165) is 25.9 Å². The molecule has 1 aliphatic carbocycles. The quantitative estimate of drug-likeness (QED) is 0.840. The second-order valence-corrected chi connectivity index (χ2v) is 4.85. The summed E-state index contributed by atoms with van der Waals surface area (Å²) in [6.45, 7) is 7.29. The van der Waals surface area contributed by atoms with Gasteiger partial charge in [-0.1, -0.05) is 25.1 Å². The molecule has 1 aliphatic rings. The zero-order valence-corrected chi connectivity index (χ0v) is 11.1. The number of rotatable bonds is 5. The fourth-order valence-electron chi connectivity index (χ4n) is 2.49. The SMILES string of the molecule is CCOC1CC(Nc2c(C)cccc2CC)C1. The molecule has 0 bridgehead atoms. The average molecular weight is 233 g/mol. The summed E-state index contributed by atoms with van der Waals surface area (Å²) in [5, 5.41) is 3.67. The molecule has 0 unspecified atom stereocenters. The summed E-state index contributed by atoms with van der Waals surface area (Å²) < 4.78 is 5.59. The maximum atomic E-state index is 5.59. The first kappa shape index (κ1) is 12.4. The van der Waals surface area contributed by atoms with Crippen LogP contribution < -0.4 is 5.32 Å². The molecule has 1 aromatic rings. The molecule has 17 heavy (non-hydrogen) atoms. The molecule has 0 saturated heterocycles. The fraction of sp³-hybridized carbons (Fsp3) is 0.600. The van der Waals surface area contributed by atoms with Gasteiger partial charge in [-0.25, -0.2) is 0 Å². The van der Waals surface area contributed by atoms with Gasteiger partial charge in [0.1, 0.15) is 0 Å². The van der Waals surface area contributed by atoms with E-state index in [-0.39, 0.29) is 0 Å². The van der Waals surface area contributed by atoms with E-state index in [1.165, 1.54) is 16.8 Å². The Bertz CT molecular complexity index is 369. The lowest BCUT2D eigenvalue weighted by Crippen LogP contribution is -2.41. The normalized spacial score (nSPS) is 23.2. The molecule has 0 aromatic heterocycles. The minimum Gasteiger partial charge on any atom is -0.382 e. The lowest BCUT2D eigenvalue weighted by Gasteiger charge is -2.37. The molecular formula is C15H23NO. The van der Waals surface area contributed by atoms with Crippen LogP contribution in [0, 0.1) is 6.92 Å². The molecule has 1 aromatic carbocycles. The molecule has 0 amide bonds. The summed E-state index contributed by atoms with van der Waals surface area (Å²) in [5.74, 6) is 0. The Morgan fingerprint density at radius 3 is 2.71 bits per heavy atom. The number of hydrogen-bond acceptors (Lipinski definition) is 2. The summed E-state index contributed by atoms with van der Waals surface area (Å²) in [7, 11) is 0. The fourth-order valence-corrected chi connectivity index (χ4v) is 2.49. The second kappa shape index (κ2) is 5.54. The minimum atomic E-state index is 0.478. The number of aryl methyl sites for hydroxylation is 2. The predicted molar refractivity (Wildman–Crippen MR) is 72.6 cm³/mol. The summed E-state index contributed by atoms with van der Waals surface area (Å²) in [6, 6.07) is 7.13. The van der Waals surface area contributed by atoms with Crippen LogP contribution in [0.1, 0.15) is 37.8 Å². The van der Waals surface area contributed by atoms with Gasteiger partial charge in [-0.3, -0.25) is 0 Å². The van der Waals surface area contributed by atoms with Crippen LogP contribution in [-0.4, -0.2) is 18.8 Å². The molecule has 1 fully saturated rings. The highest BCUT2D eigenvalue weighted by atomic mass is 16.5. The van der Waals surface area contributed by atoms with Crippen molar-refractivity contribution in [3.63, 3.8) is 0 Å². The van der Waals surface area contributed by atoms with Crippen molar-refractivity contribution in [1.29, 1.82) is 0 Å². The zero-order chi connectivity index (χ0) is 12.3. The molecule has 0 heterocycles. The molecule has 2 rings (SSSR count). The smallest absolute Gasteiger partial charge is 0.0614 e. The summed E-state index contributed by atoms with van der Waals surface area (Å²) in [4.78, 5) is 0. The monoisotopic (exact) mass is 233 g/mol. The van der Waals surface area contributed by atoms with Crippen LogP contribution in [-0.2, 0) is 11.2 Å². The number of nitrogens with one attached hydrogen (secondary N) is 1. The van der Waals surface area contributed by atoms with Gasteiger partial charge in [0.2, 0.25) is 0 Å². The van der Waals surface area contributed by atoms with Gasteiger partial charge in [-0.15, -0.1) is 0 Å². The minimum absolute atomic E-state index is 0.478. The summed E-state index contributed by atoms with van der Waals surface area (Å²) in [5.41, 5.74) is 4.11. The van der Waals surface area contributed by atoms with Crippen LogP contribution in [0.5, 0.6) is 0 Å². The number of benzene rings is 1. The predicted octanol–water partition coefficient (Wildman–Crippen LogP) is 3.54. The van der Waals surface area contributed by atoms with Gasteiger partial charge in [-0.05, 0) is 44.2 Å². The second-order valence-electron chi connectivity index (χ2n) is 4.85. The third kappa shape index (κ3) is 2.81.